The van der Waals surface area contributed by atoms with Gasteiger partial charge in [-0.15, -0.1) is 0 Å². The molecular formula is C23H25NO6. The molecule has 1 amide bonds. The highest BCUT2D eigenvalue weighted by Gasteiger charge is 2.64. The summed E-state index contributed by atoms with van der Waals surface area (Å²) in [7, 11) is 0. The molecular weight excluding hydrogens is 386 g/mol. The molecule has 0 saturated heterocycles. The summed E-state index contributed by atoms with van der Waals surface area (Å²) < 4.78 is 11.0. The number of carbonyl (C=O) groups excluding carboxylic acids is 2. The van der Waals surface area contributed by atoms with Gasteiger partial charge < -0.3 is 14.6 Å². The van der Waals surface area contributed by atoms with Gasteiger partial charge in [0.05, 0.1) is 24.5 Å². The first-order valence-corrected chi connectivity index (χ1v) is 10.1. The fourth-order valence-electron chi connectivity index (χ4n) is 4.52. The molecule has 2 aromatic carbocycles. The van der Waals surface area contributed by atoms with Crippen LogP contribution < -0.4 is 10.2 Å². The Hall–Kier alpha value is -3.06. The quantitative estimate of drug-likeness (QED) is 0.384. The summed E-state index contributed by atoms with van der Waals surface area (Å²) in [4.78, 5) is 24.6. The summed E-state index contributed by atoms with van der Waals surface area (Å²) in [6.07, 6.45) is 1.34. The number of benzene rings is 2. The highest BCUT2D eigenvalue weighted by molar-refractivity contribution is 5.93. The second kappa shape index (κ2) is 7.99. The van der Waals surface area contributed by atoms with Crippen LogP contribution in [0.1, 0.15) is 42.4 Å². The van der Waals surface area contributed by atoms with E-state index in [0.717, 1.165) is 28.9 Å². The zero-order valence-corrected chi connectivity index (χ0v) is 16.8. The second-order valence-electron chi connectivity index (χ2n) is 7.91. The van der Waals surface area contributed by atoms with E-state index in [4.69, 9.17) is 14.7 Å². The molecule has 3 unspecified atom stereocenters. The summed E-state index contributed by atoms with van der Waals surface area (Å²) in [5, 5.41) is 19.6. The van der Waals surface area contributed by atoms with Crippen molar-refractivity contribution in [1.29, 1.82) is 0 Å². The Balaban J connectivity index is 1.65. The average molecular weight is 411 g/mol. The van der Waals surface area contributed by atoms with Gasteiger partial charge in [-0.2, -0.15) is 0 Å². The van der Waals surface area contributed by atoms with Gasteiger partial charge in [0.15, 0.2) is 0 Å². The number of esters is 1. The van der Waals surface area contributed by atoms with Crippen molar-refractivity contribution in [2.75, 3.05) is 13.2 Å². The molecule has 7 nitrogen and oxygen atoms in total. The van der Waals surface area contributed by atoms with Crippen LogP contribution in [0.2, 0.25) is 0 Å². The third kappa shape index (κ3) is 3.50. The van der Waals surface area contributed by atoms with Crippen molar-refractivity contribution in [3.63, 3.8) is 0 Å². The van der Waals surface area contributed by atoms with E-state index < -0.39 is 23.2 Å². The van der Waals surface area contributed by atoms with E-state index in [1.807, 2.05) is 30.3 Å². The van der Waals surface area contributed by atoms with E-state index in [2.05, 4.69) is 0 Å². The number of hydrogen-bond acceptors (Lipinski definition) is 6. The summed E-state index contributed by atoms with van der Waals surface area (Å²) in [6.45, 7) is 2.49. The Morgan fingerprint density at radius 2 is 2.03 bits per heavy atom. The molecule has 3 atom stereocenters. The Bertz CT molecular complexity index is 974. The van der Waals surface area contributed by atoms with Crippen molar-refractivity contribution in [1.82, 2.24) is 5.48 Å². The van der Waals surface area contributed by atoms with Crippen LogP contribution in [0.15, 0.2) is 42.5 Å². The maximum absolute atomic E-state index is 12.6. The van der Waals surface area contributed by atoms with Crippen molar-refractivity contribution >= 4 is 11.9 Å². The maximum atomic E-state index is 12.6. The van der Waals surface area contributed by atoms with Gasteiger partial charge in [-0.1, -0.05) is 30.3 Å². The Morgan fingerprint density at radius 1 is 1.23 bits per heavy atom. The van der Waals surface area contributed by atoms with Crippen LogP contribution in [-0.2, 0) is 20.7 Å². The Kier molecular flexibility index (Phi) is 5.39. The SMILES string of the molecule is CCOC(=O)C1(Cc2ccc(O)c(C3CCOc4ccccc43)c2)CC1C(=O)NO. The number of nitrogens with one attached hydrogen (secondary N) is 1. The van der Waals surface area contributed by atoms with Crippen LogP contribution in [0.5, 0.6) is 11.5 Å². The van der Waals surface area contributed by atoms with E-state index in [9.17, 15) is 14.7 Å². The van der Waals surface area contributed by atoms with Crippen molar-refractivity contribution in [3.05, 3.63) is 59.2 Å². The van der Waals surface area contributed by atoms with Gasteiger partial charge in [0.1, 0.15) is 11.5 Å². The molecule has 4 rings (SSSR count). The lowest BCUT2D eigenvalue weighted by Gasteiger charge is -2.27. The molecule has 0 spiro atoms. The lowest BCUT2D eigenvalue weighted by atomic mass is 9.84. The van der Waals surface area contributed by atoms with Crippen molar-refractivity contribution in [2.24, 2.45) is 11.3 Å². The molecule has 1 aliphatic heterocycles. The zero-order valence-electron chi connectivity index (χ0n) is 16.8. The smallest absolute Gasteiger partial charge is 0.313 e. The minimum absolute atomic E-state index is 0.0239. The van der Waals surface area contributed by atoms with Crippen molar-refractivity contribution < 1.29 is 29.4 Å². The Morgan fingerprint density at radius 3 is 2.80 bits per heavy atom. The van der Waals surface area contributed by atoms with Gasteiger partial charge in [0.25, 0.3) is 0 Å². The average Bonchev–Trinajstić information content (AvgIpc) is 3.50. The first-order valence-electron chi connectivity index (χ1n) is 10.1. The van der Waals surface area contributed by atoms with Crippen LogP contribution in [0.25, 0.3) is 0 Å². The predicted molar refractivity (Wildman–Crippen MR) is 107 cm³/mol. The minimum atomic E-state index is -0.995. The van der Waals surface area contributed by atoms with E-state index >= 15 is 0 Å². The molecule has 30 heavy (non-hydrogen) atoms. The number of ether oxygens (including phenoxy) is 2. The highest BCUT2D eigenvalue weighted by Crippen LogP contribution is 2.56. The first-order chi connectivity index (χ1) is 14.5. The third-order valence-corrected chi connectivity index (χ3v) is 6.13. The zero-order chi connectivity index (χ0) is 21.3. The number of aromatic hydroxyl groups is 1. The molecule has 7 heteroatoms. The molecule has 158 valence electrons. The number of phenols is 1. The standard InChI is InChI=1S/C23H25NO6/c1-2-29-22(27)23(13-18(23)21(26)24-28)12-14-7-8-19(25)17(11-14)15-9-10-30-20-6-4-3-5-16(15)20/h3-8,11,15,18,25,28H,2,9-10,12-13H2,1H3,(H,24,26). The Labute approximate surface area is 174 Å². The van der Waals surface area contributed by atoms with Crippen LogP contribution in [0.4, 0.5) is 0 Å². The fourth-order valence-corrected chi connectivity index (χ4v) is 4.52. The molecule has 1 fully saturated rings. The molecule has 1 heterocycles. The van der Waals surface area contributed by atoms with Crippen molar-refractivity contribution in [3.8, 4) is 11.5 Å². The van der Waals surface area contributed by atoms with Gasteiger partial charge in [0, 0.05) is 17.0 Å². The van der Waals surface area contributed by atoms with Gasteiger partial charge in [-0.05, 0) is 43.9 Å². The number of carbonyl (C=O) groups is 2. The number of rotatable bonds is 6. The molecule has 2 aliphatic rings. The summed E-state index contributed by atoms with van der Waals surface area (Å²) >= 11 is 0. The van der Waals surface area contributed by atoms with E-state index in [1.54, 1.807) is 24.5 Å². The molecule has 0 bridgehead atoms. The summed E-state index contributed by atoms with van der Waals surface area (Å²) in [5.41, 5.74) is 3.26. The lowest BCUT2D eigenvalue weighted by molar-refractivity contribution is -0.152. The van der Waals surface area contributed by atoms with Crippen LogP contribution in [-0.4, -0.2) is 35.4 Å². The topological polar surface area (TPSA) is 105 Å². The number of para-hydroxylation sites is 1. The summed E-state index contributed by atoms with van der Waals surface area (Å²) in [6, 6.07) is 13.1. The van der Waals surface area contributed by atoms with Crippen LogP contribution in [0.3, 0.4) is 0 Å². The molecule has 2 aromatic rings. The number of hydrogen-bond donors (Lipinski definition) is 3. The monoisotopic (exact) mass is 411 g/mol. The fraction of sp³-hybridized carbons (Fsp3) is 0.391. The first kappa shape index (κ1) is 20.2. The van der Waals surface area contributed by atoms with Gasteiger partial charge in [-0.3, -0.25) is 14.8 Å². The van der Waals surface area contributed by atoms with Gasteiger partial charge in [0.2, 0.25) is 5.91 Å². The molecule has 1 aliphatic carbocycles. The van der Waals surface area contributed by atoms with E-state index in [0.29, 0.717) is 19.4 Å². The third-order valence-electron chi connectivity index (χ3n) is 6.13. The van der Waals surface area contributed by atoms with E-state index in [1.165, 1.54) is 0 Å². The van der Waals surface area contributed by atoms with Crippen LogP contribution in [0, 0.1) is 11.3 Å². The van der Waals surface area contributed by atoms with Crippen molar-refractivity contribution in [2.45, 2.75) is 32.1 Å². The number of phenolic OH excluding ortho intramolecular Hbond substituents is 1. The highest BCUT2D eigenvalue weighted by atomic mass is 16.5. The summed E-state index contributed by atoms with van der Waals surface area (Å²) in [5.74, 6) is -0.689. The second-order valence-corrected chi connectivity index (χ2v) is 7.91. The molecule has 1 saturated carbocycles. The molecule has 0 radical (unpaired) electrons. The number of amides is 1. The largest absolute Gasteiger partial charge is 0.508 e. The molecule has 3 N–H and O–H groups in total. The normalized spacial score (nSPS) is 24.3. The van der Waals surface area contributed by atoms with Gasteiger partial charge in [-0.25, -0.2) is 5.48 Å². The van der Waals surface area contributed by atoms with Gasteiger partial charge >= 0.3 is 5.97 Å². The maximum Gasteiger partial charge on any atom is 0.313 e. The molecule has 0 aromatic heterocycles. The van der Waals surface area contributed by atoms with E-state index in [-0.39, 0.29) is 18.3 Å². The number of hydroxylamine groups is 1. The van der Waals surface area contributed by atoms with Crippen LogP contribution >= 0.6 is 0 Å². The number of fused-ring (bicyclic) bond motifs is 1. The minimum Gasteiger partial charge on any atom is -0.508 e. The predicted octanol–water partition coefficient (Wildman–Crippen LogP) is 2.92. The lowest BCUT2D eigenvalue weighted by Crippen LogP contribution is -2.30.